The molecule has 0 aliphatic heterocycles. The van der Waals surface area contributed by atoms with E-state index in [9.17, 15) is 9.59 Å². The van der Waals surface area contributed by atoms with Crippen molar-refractivity contribution in [3.63, 3.8) is 0 Å². The normalized spacial score (nSPS) is 9.67. The fourth-order valence-corrected chi connectivity index (χ4v) is 2.20. The molecule has 2 heterocycles. The summed E-state index contributed by atoms with van der Waals surface area (Å²) in [5.41, 5.74) is 2.49. The number of aromatic nitrogens is 2. The third-order valence-corrected chi connectivity index (χ3v) is 3.54. The molecule has 2 aromatic heterocycles. The molecule has 1 N–H and O–H groups in total. The van der Waals surface area contributed by atoms with Crippen molar-refractivity contribution in [1.29, 1.82) is 0 Å². The first kappa shape index (κ1) is 17.8. The van der Waals surface area contributed by atoms with Gasteiger partial charge in [0.05, 0.1) is 12.7 Å². The Balaban J connectivity index is 1.71. The van der Waals surface area contributed by atoms with Crippen molar-refractivity contribution in [3.8, 4) is 11.8 Å². The molecule has 0 unspecified atom stereocenters. The van der Waals surface area contributed by atoms with Crippen LogP contribution in [0.15, 0.2) is 67.0 Å². The van der Waals surface area contributed by atoms with E-state index in [-0.39, 0.29) is 11.6 Å². The fourth-order valence-electron chi connectivity index (χ4n) is 2.20. The Labute approximate surface area is 156 Å². The minimum atomic E-state index is -0.555. The number of esters is 1. The lowest BCUT2D eigenvalue weighted by molar-refractivity contribution is 0.0593. The SMILES string of the molecule is COC(=O)c1ccc(C(=O)Nc2cccc(C#Cc3ccccn3)c2)cn1. The molecule has 3 rings (SSSR count). The Bertz CT molecular complexity index is 1020. The maximum Gasteiger partial charge on any atom is 0.356 e. The van der Waals surface area contributed by atoms with Crippen molar-refractivity contribution in [2.24, 2.45) is 0 Å². The lowest BCUT2D eigenvalue weighted by atomic mass is 10.2. The number of benzene rings is 1. The Kier molecular flexibility index (Phi) is 5.55. The molecule has 6 nitrogen and oxygen atoms in total. The summed E-state index contributed by atoms with van der Waals surface area (Å²) in [5.74, 6) is 5.09. The number of methoxy groups -OCH3 is 1. The lowest BCUT2D eigenvalue weighted by Crippen LogP contribution is -2.13. The number of ether oxygens (including phenoxy) is 1. The van der Waals surface area contributed by atoms with Crippen molar-refractivity contribution in [2.45, 2.75) is 0 Å². The lowest BCUT2D eigenvalue weighted by Gasteiger charge is -2.06. The standard InChI is InChI=1S/C21H15N3O3/c1-27-21(26)19-11-9-16(14-23-19)20(25)24-18-7-4-5-15(13-18)8-10-17-6-2-3-12-22-17/h2-7,9,11-14H,1H3,(H,24,25). The molecular formula is C21H15N3O3. The van der Waals surface area contributed by atoms with E-state index in [0.717, 1.165) is 5.56 Å². The van der Waals surface area contributed by atoms with Crippen LogP contribution in [0.2, 0.25) is 0 Å². The Morgan fingerprint density at radius 3 is 2.59 bits per heavy atom. The number of carbonyl (C=O) groups excluding carboxylic acids is 2. The zero-order valence-electron chi connectivity index (χ0n) is 14.5. The minimum Gasteiger partial charge on any atom is -0.464 e. The Hall–Kier alpha value is -3.98. The van der Waals surface area contributed by atoms with Gasteiger partial charge in [0.25, 0.3) is 5.91 Å². The van der Waals surface area contributed by atoms with Gasteiger partial charge >= 0.3 is 5.97 Å². The van der Waals surface area contributed by atoms with E-state index < -0.39 is 5.97 Å². The molecule has 1 aromatic carbocycles. The maximum absolute atomic E-state index is 12.3. The van der Waals surface area contributed by atoms with E-state index in [1.165, 1.54) is 25.4 Å². The van der Waals surface area contributed by atoms with E-state index in [4.69, 9.17) is 0 Å². The monoisotopic (exact) mass is 357 g/mol. The third-order valence-electron chi connectivity index (χ3n) is 3.54. The molecule has 0 spiro atoms. The number of hydrogen-bond donors (Lipinski definition) is 1. The average Bonchev–Trinajstić information content (AvgIpc) is 2.73. The van der Waals surface area contributed by atoms with E-state index in [1.807, 2.05) is 24.3 Å². The second kappa shape index (κ2) is 8.41. The van der Waals surface area contributed by atoms with Crippen LogP contribution < -0.4 is 5.32 Å². The number of amides is 1. The van der Waals surface area contributed by atoms with Gasteiger partial charge in [-0.05, 0) is 48.4 Å². The molecule has 0 fully saturated rings. The summed E-state index contributed by atoms with van der Waals surface area (Å²) in [6.45, 7) is 0. The van der Waals surface area contributed by atoms with Gasteiger partial charge in [-0.25, -0.2) is 14.8 Å². The smallest absolute Gasteiger partial charge is 0.356 e. The summed E-state index contributed by atoms with van der Waals surface area (Å²) in [7, 11) is 1.27. The minimum absolute atomic E-state index is 0.140. The predicted octanol–water partition coefficient (Wildman–Crippen LogP) is 2.92. The first-order valence-corrected chi connectivity index (χ1v) is 8.04. The quantitative estimate of drug-likeness (QED) is 0.576. The van der Waals surface area contributed by atoms with Crippen LogP contribution in [-0.4, -0.2) is 29.0 Å². The summed E-state index contributed by atoms with van der Waals surface area (Å²) in [4.78, 5) is 31.8. The van der Waals surface area contributed by atoms with E-state index >= 15 is 0 Å². The molecule has 0 aliphatic carbocycles. The van der Waals surface area contributed by atoms with Gasteiger partial charge in [-0.2, -0.15) is 0 Å². The van der Waals surface area contributed by atoms with Gasteiger partial charge in [-0.3, -0.25) is 4.79 Å². The van der Waals surface area contributed by atoms with Crippen LogP contribution in [0.25, 0.3) is 0 Å². The molecular weight excluding hydrogens is 342 g/mol. The molecule has 132 valence electrons. The van der Waals surface area contributed by atoms with Crippen LogP contribution in [-0.2, 0) is 4.74 Å². The van der Waals surface area contributed by atoms with Gasteiger partial charge in [0.1, 0.15) is 11.4 Å². The Morgan fingerprint density at radius 1 is 1.00 bits per heavy atom. The van der Waals surface area contributed by atoms with Gasteiger partial charge in [-0.15, -0.1) is 0 Å². The van der Waals surface area contributed by atoms with Gasteiger partial charge in [-0.1, -0.05) is 18.1 Å². The molecule has 27 heavy (non-hydrogen) atoms. The second-order valence-corrected chi connectivity index (χ2v) is 5.42. The summed E-state index contributed by atoms with van der Waals surface area (Å²) >= 11 is 0. The molecule has 0 radical (unpaired) electrons. The van der Waals surface area contributed by atoms with Crippen LogP contribution in [0.5, 0.6) is 0 Å². The topological polar surface area (TPSA) is 81.2 Å². The summed E-state index contributed by atoms with van der Waals surface area (Å²) in [6, 6.07) is 15.7. The molecule has 0 bridgehead atoms. The first-order valence-electron chi connectivity index (χ1n) is 8.04. The number of anilines is 1. The highest BCUT2D eigenvalue weighted by atomic mass is 16.5. The van der Waals surface area contributed by atoms with Crippen LogP contribution in [0.1, 0.15) is 32.1 Å². The highest BCUT2D eigenvalue weighted by Gasteiger charge is 2.10. The summed E-state index contributed by atoms with van der Waals surface area (Å²) in [5, 5.41) is 2.78. The number of nitrogens with zero attached hydrogens (tertiary/aromatic N) is 2. The van der Waals surface area contributed by atoms with Crippen molar-refractivity contribution in [3.05, 3.63) is 89.5 Å². The zero-order valence-corrected chi connectivity index (χ0v) is 14.5. The van der Waals surface area contributed by atoms with Crippen LogP contribution in [0.4, 0.5) is 5.69 Å². The average molecular weight is 357 g/mol. The first-order chi connectivity index (χ1) is 13.2. The van der Waals surface area contributed by atoms with E-state index in [2.05, 4.69) is 31.9 Å². The van der Waals surface area contributed by atoms with Crippen LogP contribution in [0.3, 0.4) is 0 Å². The van der Waals surface area contributed by atoms with Gasteiger partial charge in [0.15, 0.2) is 0 Å². The third kappa shape index (κ3) is 4.77. The molecule has 6 heteroatoms. The summed E-state index contributed by atoms with van der Waals surface area (Å²) in [6.07, 6.45) is 3.01. The number of nitrogens with one attached hydrogen (secondary N) is 1. The van der Waals surface area contributed by atoms with Crippen molar-refractivity contribution in [2.75, 3.05) is 12.4 Å². The molecule has 0 saturated heterocycles. The zero-order chi connectivity index (χ0) is 19.1. The molecule has 0 aliphatic rings. The van der Waals surface area contributed by atoms with Crippen LogP contribution >= 0.6 is 0 Å². The molecule has 1 amide bonds. The fraction of sp³-hybridized carbons (Fsp3) is 0.0476. The maximum atomic E-state index is 12.3. The number of carbonyl (C=O) groups is 2. The van der Waals surface area contributed by atoms with Crippen LogP contribution in [0, 0.1) is 11.8 Å². The van der Waals surface area contributed by atoms with E-state index in [0.29, 0.717) is 16.9 Å². The predicted molar refractivity (Wildman–Crippen MR) is 100 cm³/mol. The molecule has 0 atom stereocenters. The number of pyridine rings is 2. The highest BCUT2D eigenvalue weighted by molar-refractivity contribution is 6.04. The van der Waals surface area contributed by atoms with Crippen molar-refractivity contribution >= 4 is 17.6 Å². The van der Waals surface area contributed by atoms with Crippen molar-refractivity contribution in [1.82, 2.24) is 9.97 Å². The largest absolute Gasteiger partial charge is 0.464 e. The van der Waals surface area contributed by atoms with Gasteiger partial charge in [0, 0.05) is 23.6 Å². The van der Waals surface area contributed by atoms with E-state index in [1.54, 1.807) is 24.4 Å². The van der Waals surface area contributed by atoms with Gasteiger partial charge < -0.3 is 10.1 Å². The Morgan fingerprint density at radius 2 is 1.89 bits per heavy atom. The summed E-state index contributed by atoms with van der Waals surface area (Å²) < 4.78 is 4.58. The highest BCUT2D eigenvalue weighted by Crippen LogP contribution is 2.12. The van der Waals surface area contributed by atoms with Crippen molar-refractivity contribution < 1.29 is 14.3 Å². The molecule has 0 saturated carbocycles. The number of hydrogen-bond acceptors (Lipinski definition) is 5. The van der Waals surface area contributed by atoms with Gasteiger partial charge in [0.2, 0.25) is 0 Å². The number of rotatable bonds is 3. The molecule has 3 aromatic rings. The second-order valence-electron chi connectivity index (χ2n) is 5.42.